The summed E-state index contributed by atoms with van der Waals surface area (Å²) in [5.74, 6) is 1.44. The average Bonchev–Trinajstić information content (AvgIpc) is 2.60. The van der Waals surface area contributed by atoms with Crippen LogP contribution in [0.4, 0.5) is 0 Å². The summed E-state index contributed by atoms with van der Waals surface area (Å²) in [5.41, 5.74) is 7.88. The van der Waals surface area contributed by atoms with Crippen molar-refractivity contribution in [3.63, 3.8) is 0 Å². The van der Waals surface area contributed by atoms with Crippen LogP contribution in [0, 0.1) is 0 Å². The molecular formula is C18H20ClN3OS. The Kier molecular flexibility index (Phi) is 7.65. The van der Waals surface area contributed by atoms with E-state index in [1.165, 1.54) is 17.3 Å². The topological polar surface area (TPSA) is 60.0 Å². The zero-order valence-electron chi connectivity index (χ0n) is 13.5. The fourth-order valence-electron chi connectivity index (χ4n) is 1.84. The van der Waals surface area contributed by atoms with Crippen LogP contribution in [0.1, 0.15) is 24.5 Å². The number of rotatable bonds is 7. The molecule has 6 heteroatoms. The molecule has 0 saturated carbocycles. The minimum Gasteiger partial charge on any atom is -0.492 e. The fraction of sp³-hybridized carbons (Fsp3) is 0.222. The molecule has 0 fully saturated rings. The van der Waals surface area contributed by atoms with Gasteiger partial charge in [-0.05, 0) is 35.7 Å². The van der Waals surface area contributed by atoms with Crippen LogP contribution in [0.2, 0.25) is 5.02 Å². The van der Waals surface area contributed by atoms with E-state index in [1.54, 1.807) is 12.3 Å². The predicted molar refractivity (Wildman–Crippen MR) is 104 cm³/mol. The Morgan fingerprint density at radius 1 is 1.25 bits per heavy atom. The van der Waals surface area contributed by atoms with E-state index < -0.39 is 0 Å². The zero-order chi connectivity index (χ0) is 17.2. The first-order chi connectivity index (χ1) is 11.7. The van der Waals surface area contributed by atoms with Crippen molar-refractivity contribution in [1.82, 2.24) is 0 Å². The highest BCUT2D eigenvalue weighted by Gasteiger charge is 2.01. The van der Waals surface area contributed by atoms with Gasteiger partial charge >= 0.3 is 0 Å². The maximum Gasteiger partial charge on any atom is 0.180 e. The van der Waals surface area contributed by atoms with E-state index >= 15 is 0 Å². The lowest BCUT2D eigenvalue weighted by Crippen LogP contribution is -2.06. The highest BCUT2D eigenvalue weighted by atomic mass is 35.5. The molecule has 126 valence electrons. The molecule has 0 heterocycles. The van der Waals surface area contributed by atoms with Crippen LogP contribution in [0.25, 0.3) is 0 Å². The van der Waals surface area contributed by atoms with Gasteiger partial charge in [0.25, 0.3) is 0 Å². The number of hydrogen-bond donors (Lipinski definition) is 1. The van der Waals surface area contributed by atoms with E-state index in [4.69, 9.17) is 22.1 Å². The molecule has 0 aliphatic carbocycles. The molecule has 2 rings (SSSR count). The van der Waals surface area contributed by atoms with Crippen LogP contribution >= 0.6 is 23.4 Å². The molecule has 0 aliphatic heterocycles. The fourth-order valence-corrected chi connectivity index (χ4v) is 2.69. The van der Waals surface area contributed by atoms with Crippen molar-refractivity contribution in [1.29, 1.82) is 0 Å². The maximum atomic E-state index is 6.17. The summed E-state index contributed by atoms with van der Waals surface area (Å²) in [4.78, 5) is 0. The summed E-state index contributed by atoms with van der Waals surface area (Å²) in [6.45, 7) is 2.69. The standard InChI is InChI=1S/C18H20ClN3OS/c1-2-10-23-17-9-8-15(11-16(17)19)12-21-22-18(20)24-13-14-6-4-3-5-7-14/h3-9,11-12H,2,10,13H2,1H3,(H2,20,22). The summed E-state index contributed by atoms with van der Waals surface area (Å²) in [7, 11) is 0. The van der Waals surface area contributed by atoms with Crippen molar-refractivity contribution in [3.05, 3.63) is 64.7 Å². The second-order valence-corrected chi connectivity index (χ2v) is 6.40. The normalized spacial score (nSPS) is 11.8. The van der Waals surface area contributed by atoms with Gasteiger partial charge in [-0.3, -0.25) is 0 Å². The number of amidine groups is 1. The second-order valence-electron chi connectivity index (χ2n) is 5.00. The maximum absolute atomic E-state index is 6.17. The molecule has 2 N–H and O–H groups in total. The molecule has 0 bridgehead atoms. The van der Waals surface area contributed by atoms with E-state index in [9.17, 15) is 0 Å². The van der Waals surface area contributed by atoms with Crippen molar-refractivity contribution >= 4 is 34.7 Å². The van der Waals surface area contributed by atoms with E-state index in [-0.39, 0.29) is 0 Å². The minimum absolute atomic E-state index is 0.420. The Balaban J connectivity index is 1.89. The molecule has 24 heavy (non-hydrogen) atoms. The van der Waals surface area contributed by atoms with Gasteiger partial charge in [0.1, 0.15) is 5.75 Å². The smallest absolute Gasteiger partial charge is 0.180 e. The van der Waals surface area contributed by atoms with E-state index in [2.05, 4.69) is 10.2 Å². The number of benzene rings is 2. The predicted octanol–water partition coefficient (Wildman–Crippen LogP) is 4.71. The molecule has 2 aromatic carbocycles. The van der Waals surface area contributed by atoms with Crippen molar-refractivity contribution < 1.29 is 4.74 Å². The van der Waals surface area contributed by atoms with E-state index in [0.717, 1.165) is 17.7 Å². The van der Waals surface area contributed by atoms with Crippen LogP contribution in [-0.4, -0.2) is 18.0 Å². The van der Waals surface area contributed by atoms with Gasteiger partial charge in [0, 0.05) is 5.75 Å². The lowest BCUT2D eigenvalue weighted by atomic mass is 10.2. The van der Waals surface area contributed by atoms with Crippen molar-refractivity contribution in [2.24, 2.45) is 15.9 Å². The lowest BCUT2D eigenvalue weighted by molar-refractivity contribution is 0.317. The van der Waals surface area contributed by atoms with Crippen LogP contribution in [0.15, 0.2) is 58.7 Å². The number of halogens is 1. The van der Waals surface area contributed by atoms with Gasteiger partial charge in [0.05, 0.1) is 17.8 Å². The monoisotopic (exact) mass is 361 g/mol. The Bertz CT molecular complexity index is 705. The van der Waals surface area contributed by atoms with Crippen LogP contribution < -0.4 is 10.5 Å². The highest BCUT2D eigenvalue weighted by molar-refractivity contribution is 8.13. The molecule has 0 aromatic heterocycles. The Morgan fingerprint density at radius 3 is 2.75 bits per heavy atom. The molecule has 0 aliphatic rings. The Hall–Kier alpha value is -1.98. The molecule has 0 radical (unpaired) electrons. The largest absolute Gasteiger partial charge is 0.492 e. The van der Waals surface area contributed by atoms with Crippen LogP contribution in [-0.2, 0) is 5.75 Å². The average molecular weight is 362 g/mol. The molecular weight excluding hydrogens is 342 g/mol. The van der Waals surface area contributed by atoms with Gasteiger partial charge in [-0.1, -0.05) is 60.6 Å². The van der Waals surface area contributed by atoms with Gasteiger partial charge < -0.3 is 10.5 Å². The highest BCUT2D eigenvalue weighted by Crippen LogP contribution is 2.25. The Morgan fingerprint density at radius 2 is 2.04 bits per heavy atom. The first kappa shape index (κ1) is 18.4. The SMILES string of the molecule is CCCOc1ccc(C=NN=C(N)SCc2ccccc2)cc1Cl. The molecule has 4 nitrogen and oxygen atoms in total. The summed E-state index contributed by atoms with van der Waals surface area (Å²) in [6.07, 6.45) is 2.56. The van der Waals surface area contributed by atoms with Crippen molar-refractivity contribution in [3.8, 4) is 5.75 Å². The summed E-state index contributed by atoms with van der Waals surface area (Å²) in [5, 5.41) is 8.97. The van der Waals surface area contributed by atoms with Gasteiger partial charge in [-0.15, -0.1) is 5.10 Å². The van der Waals surface area contributed by atoms with Crippen LogP contribution in [0.5, 0.6) is 5.75 Å². The Labute approximate surface area is 151 Å². The molecule has 2 aromatic rings. The first-order valence-electron chi connectivity index (χ1n) is 7.64. The third kappa shape index (κ3) is 6.26. The number of nitrogens with two attached hydrogens (primary N) is 1. The van der Waals surface area contributed by atoms with Gasteiger partial charge in [0.2, 0.25) is 0 Å². The number of hydrogen-bond acceptors (Lipinski definition) is 4. The minimum atomic E-state index is 0.420. The molecule has 0 amide bonds. The van der Waals surface area contributed by atoms with Crippen molar-refractivity contribution in [2.45, 2.75) is 19.1 Å². The third-order valence-corrected chi connectivity index (χ3v) is 4.16. The number of ether oxygens (including phenoxy) is 1. The lowest BCUT2D eigenvalue weighted by Gasteiger charge is -2.06. The summed E-state index contributed by atoms with van der Waals surface area (Å²) in [6, 6.07) is 15.6. The number of nitrogens with zero attached hydrogens (tertiary/aromatic N) is 2. The summed E-state index contributed by atoms with van der Waals surface area (Å²) < 4.78 is 5.53. The van der Waals surface area contributed by atoms with E-state index in [1.807, 2.05) is 49.4 Å². The van der Waals surface area contributed by atoms with Gasteiger partial charge in [-0.25, -0.2) is 0 Å². The summed E-state index contributed by atoms with van der Waals surface area (Å²) >= 11 is 7.62. The van der Waals surface area contributed by atoms with Crippen molar-refractivity contribution in [2.75, 3.05) is 6.61 Å². The first-order valence-corrected chi connectivity index (χ1v) is 9.01. The molecule has 0 atom stereocenters. The van der Waals surface area contributed by atoms with Gasteiger partial charge in [-0.2, -0.15) is 5.10 Å². The van der Waals surface area contributed by atoms with Gasteiger partial charge in [0.15, 0.2) is 5.17 Å². The zero-order valence-corrected chi connectivity index (χ0v) is 15.1. The molecule has 0 spiro atoms. The second kappa shape index (κ2) is 10.0. The number of thioether (sulfide) groups is 1. The van der Waals surface area contributed by atoms with E-state index in [0.29, 0.717) is 22.5 Å². The third-order valence-electron chi connectivity index (χ3n) is 3.01. The molecule has 0 saturated heterocycles. The quantitative estimate of drug-likeness (QED) is 0.441. The van der Waals surface area contributed by atoms with Crippen LogP contribution in [0.3, 0.4) is 0 Å². The molecule has 0 unspecified atom stereocenters.